The number of likely N-dealkylation sites (tertiary alicyclic amines) is 1. The zero-order valence-corrected chi connectivity index (χ0v) is 13.8. The lowest BCUT2D eigenvalue weighted by atomic mass is 9.89. The first kappa shape index (κ1) is 16.2. The van der Waals surface area contributed by atoms with E-state index in [0.717, 1.165) is 37.0 Å². The Morgan fingerprint density at radius 2 is 1.90 bits per heavy atom. The molecule has 0 saturated carbocycles. The third-order valence-electron chi connectivity index (χ3n) is 4.84. The van der Waals surface area contributed by atoms with E-state index < -0.39 is 0 Å². The van der Waals surface area contributed by atoms with Crippen molar-refractivity contribution in [2.75, 3.05) is 19.6 Å². The number of aryl methyl sites for hydroxylation is 1. The SMILES string of the molecule is Cc1ccc(C(=O)CCN2CCCC(C(C)C)CC2)cc1. The van der Waals surface area contributed by atoms with Crippen LogP contribution in [0.1, 0.15) is 55.5 Å². The highest BCUT2D eigenvalue weighted by Gasteiger charge is 2.19. The molecule has 1 heterocycles. The monoisotopic (exact) mass is 287 g/mol. The van der Waals surface area contributed by atoms with Crippen molar-refractivity contribution in [3.05, 3.63) is 35.4 Å². The summed E-state index contributed by atoms with van der Waals surface area (Å²) in [5, 5.41) is 0. The summed E-state index contributed by atoms with van der Waals surface area (Å²) in [6.45, 7) is 9.95. The summed E-state index contributed by atoms with van der Waals surface area (Å²) in [6.07, 6.45) is 4.56. The molecule has 0 bridgehead atoms. The number of Topliss-reactive ketones (excluding diaryl/α,β-unsaturated/α-hetero) is 1. The highest BCUT2D eigenvalue weighted by Crippen LogP contribution is 2.24. The molecule has 0 spiro atoms. The summed E-state index contributed by atoms with van der Waals surface area (Å²) < 4.78 is 0. The van der Waals surface area contributed by atoms with Crippen molar-refractivity contribution in [2.24, 2.45) is 11.8 Å². The maximum atomic E-state index is 12.2. The molecule has 1 saturated heterocycles. The standard InChI is InChI=1S/C19H29NO/c1-15(2)17-5-4-12-20(13-10-17)14-11-19(21)18-8-6-16(3)7-9-18/h6-9,15,17H,4-5,10-14H2,1-3H3. The van der Waals surface area contributed by atoms with Crippen molar-refractivity contribution in [3.63, 3.8) is 0 Å². The van der Waals surface area contributed by atoms with Crippen LogP contribution in [0.15, 0.2) is 24.3 Å². The Bertz CT molecular complexity index is 449. The van der Waals surface area contributed by atoms with Crippen LogP contribution in [0.25, 0.3) is 0 Å². The first-order valence-corrected chi connectivity index (χ1v) is 8.38. The van der Waals surface area contributed by atoms with Crippen LogP contribution in [0.2, 0.25) is 0 Å². The number of nitrogens with zero attached hydrogens (tertiary/aromatic N) is 1. The number of carbonyl (C=O) groups excluding carboxylic acids is 1. The average Bonchev–Trinajstić information content (AvgIpc) is 2.71. The van der Waals surface area contributed by atoms with Crippen LogP contribution in [0.5, 0.6) is 0 Å². The predicted molar refractivity (Wildman–Crippen MR) is 88.7 cm³/mol. The quantitative estimate of drug-likeness (QED) is 0.751. The second kappa shape index (κ2) is 7.74. The first-order valence-electron chi connectivity index (χ1n) is 8.38. The Balaban J connectivity index is 1.80. The fourth-order valence-corrected chi connectivity index (χ4v) is 3.22. The lowest BCUT2D eigenvalue weighted by Gasteiger charge is -2.21. The zero-order chi connectivity index (χ0) is 15.2. The number of rotatable bonds is 5. The molecular weight excluding hydrogens is 258 g/mol. The molecule has 0 radical (unpaired) electrons. The second-order valence-electron chi connectivity index (χ2n) is 6.82. The van der Waals surface area contributed by atoms with Gasteiger partial charge in [-0.3, -0.25) is 4.79 Å². The van der Waals surface area contributed by atoms with Gasteiger partial charge in [-0.2, -0.15) is 0 Å². The second-order valence-corrected chi connectivity index (χ2v) is 6.82. The number of carbonyl (C=O) groups is 1. The van der Waals surface area contributed by atoms with Crippen molar-refractivity contribution in [3.8, 4) is 0 Å². The summed E-state index contributed by atoms with van der Waals surface area (Å²) in [6, 6.07) is 7.95. The summed E-state index contributed by atoms with van der Waals surface area (Å²) in [5.74, 6) is 1.93. The Hall–Kier alpha value is -1.15. The minimum absolute atomic E-state index is 0.277. The van der Waals surface area contributed by atoms with Crippen LogP contribution in [-0.4, -0.2) is 30.3 Å². The van der Waals surface area contributed by atoms with Crippen LogP contribution >= 0.6 is 0 Å². The molecular formula is C19H29NO. The molecule has 0 aromatic heterocycles. The maximum Gasteiger partial charge on any atom is 0.164 e. The highest BCUT2D eigenvalue weighted by atomic mass is 16.1. The average molecular weight is 287 g/mol. The van der Waals surface area contributed by atoms with Gasteiger partial charge in [0.2, 0.25) is 0 Å². The van der Waals surface area contributed by atoms with Crippen molar-refractivity contribution in [2.45, 2.75) is 46.5 Å². The van der Waals surface area contributed by atoms with Crippen LogP contribution in [0, 0.1) is 18.8 Å². The minimum Gasteiger partial charge on any atom is -0.303 e. The molecule has 116 valence electrons. The van der Waals surface area contributed by atoms with E-state index in [1.165, 1.54) is 24.8 Å². The molecule has 2 nitrogen and oxygen atoms in total. The van der Waals surface area contributed by atoms with Crippen LogP contribution in [0.4, 0.5) is 0 Å². The highest BCUT2D eigenvalue weighted by molar-refractivity contribution is 5.96. The maximum absolute atomic E-state index is 12.2. The molecule has 2 rings (SSSR count). The van der Waals surface area contributed by atoms with E-state index in [2.05, 4.69) is 25.7 Å². The van der Waals surface area contributed by atoms with E-state index in [1.807, 2.05) is 24.3 Å². The van der Waals surface area contributed by atoms with E-state index in [-0.39, 0.29) is 5.78 Å². The molecule has 0 amide bonds. The Kier molecular flexibility index (Phi) is 5.98. The molecule has 1 fully saturated rings. The van der Waals surface area contributed by atoms with Crippen molar-refractivity contribution in [1.29, 1.82) is 0 Å². The Morgan fingerprint density at radius 1 is 1.19 bits per heavy atom. The Labute approximate surface area is 129 Å². The first-order chi connectivity index (χ1) is 10.1. The van der Waals surface area contributed by atoms with E-state index in [4.69, 9.17) is 0 Å². The molecule has 2 heteroatoms. The van der Waals surface area contributed by atoms with E-state index in [1.54, 1.807) is 0 Å². The van der Waals surface area contributed by atoms with Crippen LogP contribution in [0.3, 0.4) is 0 Å². The molecule has 1 atom stereocenters. The van der Waals surface area contributed by atoms with Gasteiger partial charge in [0, 0.05) is 18.5 Å². The van der Waals surface area contributed by atoms with Gasteiger partial charge in [-0.1, -0.05) is 43.7 Å². The summed E-state index contributed by atoms with van der Waals surface area (Å²) in [7, 11) is 0. The summed E-state index contributed by atoms with van der Waals surface area (Å²) >= 11 is 0. The molecule has 1 aliphatic rings. The van der Waals surface area contributed by atoms with Crippen molar-refractivity contribution < 1.29 is 4.79 Å². The Morgan fingerprint density at radius 3 is 2.57 bits per heavy atom. The van der Waals surface area contributed by atoms with Crippen molar-refractivity contribution >= 4 is 5.78 Å². The molecule has 1 aliphatic heterocycles. The van der Waals surface area contributed by atoms with Gasteiger partial charge in [0.25, 0.3) is 0 Å². The number of hydrogen-bond acceptors (Lipinski definition) is 2. The molecule has 21 heavy (non-hydrogen) atoms. The van der Waals surface area contributed by atoms with Gasteiger partial charge in [0.1, 0.15) is 0 Å². The molecule has 1 aromatic carbocycles. The largest absolute Gasteiger partial charge is 0.303 e. The molecule has 0 N–H and O–H groups in total. The molecule has 1 unspecified atom stereocenters. The summed E-state index contributed by atoms with van der Waals surface area (Å²) in [4.78, 5) is 14.7. The fraction of sp³-hybridized carbons (Fsp3) is 0.632. The van der Waals surface area contributed by atoms with E-state index in [9.17, 15) is 4.79 Å². The van der Waals surface area contributed by atoms with Gasteiger partial charge < -0.3 is 4.90 Å². The zero-order valence-electron chi connectivity index (χ0n) is 13.8. The summed E-state index contributed by atoms with van der Waals surface area (Å²) in [5.41, 5.74) is 2.06. The van der Waals surface area contributed by atoms with Gasteiger partial charge in [0.05, 0.1) is 0 Å². The minimum atomic E-state index is 0.277. The molecule has 0 aliphatic carbocycles. The third-order valence-corrected chi connectivity index (χ3v) is 4.84. The van der Waals surface area contributed by atoms with E-state index >= 15 is 0 Å². The third kappa shape index (κ3) is 4.96. The van der Waals surface area contributed by atoms with Gasteiger partial charge in [-0.15, -0.1) is 0 Å². The number of ketones is 1. The fourth-order valence-electron chi connectivity index (χ4n) is 3.22. The van der Waals surface area contributed by atoms with Gasteiger partial charge in [-0.25, -0.2) is 0 Å². The lowest BCUT2D eigenvalue weighted by molar-refractivity contribution is 0.0964. The van der Waals surface area contributed by atoms with Gasteiger partial charge in [0.15, 0.2) is 5.78 Å². The van der Waals surface area contributed by atoms with Crippen molar-refractivity contribution in [1.82, 2.24) is 4.90 Å². The van der Waals surface area contributed by atoms with Crippen LogP contribution < -0.4 is 0 Å². The molecule has 1 aromatic rings. The number of benzene rings is 1. The van der Waals surface area contributed by atoms with E-state index in [0.29, 0.717) is 6.42 Å². The smallest absolute Gasteiger partial charge is 0.164 e. The topological polar surface area (TPSA) is 20.3 Å². The predicted octanol–water partition coefficient (Wildman–Crippen LogP) is 4.33. The van der Waals surface area contributed by atoms with Gasteiger partial charge >= 0.3 is 0 Å². The van der Waals surface area contributed by atoms with Crippen LogP contribution in [-0.2, 0) is 0 Å². The van der Waals surface area contributed by atoms with Gasteiger partial charge in [-0.05, 0) is 51.1 Å². The lowest BCUT2D eigenvalue weighted by Crippen LogP contribution is -2.27. The normalized spacial score (nSPS) is 20.5. The number of hydrogen-bond donors (Lipinski definition) is 0.